The van der Waals surface area contributed by atoms with Crippen LogP contribution in [0.25, 0.3) is 21.9 Å². The Kier molecular flexibility index (Phi) is 3.10. The summed E-state index contributed by atoms with van der Waals surface area (Å²) in [6.07, 6.45) is 0. The van der Waals surface area contributed by atoms with Crippen molar-refractivity contribution in [2.24, 2.45) is 0 Å². The van der Waals surface area contributed by atoms with Crippen LogP contribution in [0.1, 0.15) is 5.56 Å². The summed E-state index contributed by atoms with van der Waals surface area (Å²) in [6, 6.07) is 22.1. The van der Waals surface area contributed by atoms with Gasteiger partial charge in [-0.1, -0.05) is 48.5 Å². The molecule has 0 saturated carbocycles. The molecule has 0 aliphatic rings. The van der Waals surface area contributed by atoms with Crippen molar-refractivity contribution in [2.45, 2.75) is 0 Å². The summed E-state index contributed by atoms with van der Waals surface area (Å²) in [4.78, 5) is 0. The first kappa shape index (κ1) is 12.3. The fourth-order valence-electron chi connectivity index (χ4n) is 2.52. The van der Waals surface area contributed by atoms with Crippen molar-refractivity contribution in [2.75, 3.05) is 7.11 Å². The molecule has 0 atom stereocenters. The number of ether oxygens (including phenoxy) is 1. The van der Waals surface area contributed by atoms with Gasteiger partial charge in [0, 0.05) is 5.56 Å². The molecule has 2 nitrogen and oxygen atoms in total. The Morgan fingerprint density at radius 2 is 1.65 bits per heavy atom. The summed E-state index contributed by atoms with van der Waals surface area (Å²) in [5.41, 5.74) is 2.51. The summed E-state index contributed by atoms with van der Waals surface area (Å²) in [6.45, 7) is 0. The summed E-state index contributed by atoms with van der Waals surface area (Å²) >= 11 is 0. The largest absolute Gasteiger partial charge is 0.496 e. The van der Waals surface area contributed by atoms with Gasteiger partial charge in [-0.25, -0.2) is 0 Å². The Hall–Kier alpha value is -2.79. The highest BCUT2D eigenvalue weighted by molar-refractivity contribution is 5.99. The van der Waals surface area contributed by atoms with Crippen molar-refractivity contribution in [3.05, 3.63) is 66.2 Å². The molecule has 96 valence electrons. The lowest BCUT2D eigenvalue weighted by Gasteiger charge is -2.12. The lowest BCUT2D eigenvalue weighted by molar-refractivity contribution is 0.416. The van der Waals surface area contributed by atoms with Gasteiger partial charge in [0.1, 0.15) is 5.75 Å². The van der Waals surface area contributed by atoms with Crippen LogP contribution >= 0.6 is 0 Å². The van der Waals surface area contributed by atoms with Crippen molar-refractivity contribution in [3.8, 4) is 22.9 Å². The number of nitriles is 1. The molecule has 2 heteroatoms. The maximum Gasteiger partial charge on any atom is 0.128 e. The minimum atomic E-state index is 0.626. The quantitative estimate of drug-likeness (QED) is 0.684. The lowest BCUT2D eigenvalue weighted by atomic mass is 9.94. The molecule has 0 aliphatic carbocycles. The van der Waals surface area contributed by atoms with Crippen LogP contribution in [-0.2, 0) is 0 Å². The predicted molar refractivity (Wildman–Crippen MR) is 80.7 cm³/mol. The van der Waals surface area contributed by atoms with Crippen LogP contribution in [0.5, 0.6) is 5.75 Å². The zero-order valence-electron chi connectivity index (χ0n) is 11.1. The summed E-state index contributed by atoms with van der Waals surface area (Å²) in [7, 11) is 1.63. The van der Waals surface area contributed by atoms with Crippen LogP contribution in [0.2, 0.25) is 0 Å². The maximum atomic E-state index is 9.37. The molecule has 0 bridgehead atoms. The van der Waals surface area contributed by atoms with Crippen molar-refractivity contribution >= 4 is 10.8 Å². The molecule has 0 fully saturated rings. The van der Waals surface area contributed by atoms with E-state index in [-0.39, 0.29) is 0 Å². The minimum absolute atomic E-state index is 0.626. The van der Waals surface area contributed by atoms with E-state index in [9.17, 15) is 5.26 Å². The molecule has 0 heterocycles. The monoisotopic (exact) mass is 259 g/mol. The second-order valence-electron chi connectivity index (χ2n) is 4.52. The smallest absolute Gasteiger partial charge is 0.128 e. The van der Waals surface area contributed by atoms with E-state index in [0.29, 0.717) is 5.56 Å². The first-order chi connectivity index (χ1) is 9.85. The zero-order chi connectivity index (χ0) is 13.9. The van der Waals surface area contributed by atoms with Gasteiger partial charge in [0.15, 0.2) is 0 Å². The number of nitrogens with zero attached hydrogens (tertiary/aromatic N) is 1. The number of benzene rings is 3. The SMILES string of the molecule is COc1cccc(C#N)c1-c1cccc2ccccc12. The molecule has 3 aromatic rings. The highest BCUT2D eigenvalue weighted by Crippen LogP contribution is 2.37. The number of hydrogen-bond acceptors (Lipinski definition) is 2. The van der Waals surface area contributed by atoms with Crippen LogP contribution in [-0.4, -0.2) is 7.11 Å². The van der Waals surface area contributed by atoms with E-state index in [4.69, 9.17) is 4.74 Å². The average Bonchev–Trinajstić information content (AvgIpc) is 2.53. The topological polar surface area (TPSA) is 33.0 Å². The molecule has 0 radical (unpaired) electrons. The summed E-state index contributed by atoms with van der Waals surface area (Å²) in [5.74, 6) is 0.723. The molecule has 3 rings (SSSR count). The van der Waals surface area contributed by atoms with Gasteiger partial charge in [0.05, 0.1) is 18.7 Å². The van der Waals surface area contributed by atoms with E-state index in [0.717, 1.165) is 27.6 Å². The summed E-state index contributed by atoms with van der Waals surface area (Å²) in [5, 5.41) is 11.6. The molecule has 0 N–H and O–H groups in total. The van der Waals surface area contributed by atoms with Gasteiger partial charge in [-0.2, -0.15) is 5.26 Å². The molecule has 0 aromatic heterocycles. The second-order valence-corrected chi connectivity index (χ2v) is 4.52. The van der Waals surface area contributed by atoms with E-state index < -0.39 is 0 Å². The highest BCUT2D eigenvalue weighted by atomic mass is 16.5. The third-order valence-corrected chi connectivity index (χ3v) is 3.43. The van der Waals surface area contributed by atoms with E-state index in [1.807, 2.05) is 42.5 Å². The molecule has 0 unspecified atom stereocenters. The standard InChI is InChI=1S/C18H13NO/c1-20-17-11-5-8-14(12-19)18(17)16-10-4-7-13-6-2-3-9-15(13)16/h2-11H,1H3. The fourth-order valence-corrected chi connectivity index (χ4v) is 2.52. The Morgan fingerprint density at radius 3 is 2.45 bits per heavy atom. The Balaban J connectivity index is 2.40. The van der Waals surface area contributed by atoms with Crippen LogP contribution in [0.3, 0.4) is 0 Å². The Morgan fingerprint density at radius 1 is 0.900 bits per heavy atom. The predicted octanol–water partition coefficient (Wildman–Crippen LogP) is 4.39. The molecule has 0 aliphatic heterocycles. The van der Waals surface area contributed by atoms with Gasteiger partial charge in [0.25, 0.3) is 0 Å². The third kappa shape index (κ3) is 1.90. The van der Waals surface area contributed by atoms with Crippen LogP contribution in [0.4, 0.5) is 0 Å². The molecule has 0 spiro atoms. The van der Waals surface area contributed by atoms with Crippen molar-refractivity contribution < 1.29 is 4.74 Å². The maximum absolute atomic E-state index is 9.37. The number of rotatable bonds is 2. The third-order valence-electron chi connectivity index (χ3n) is 3.43. The Bertz CT molecular complexity index is 810. The van der Waals surface area contributed by atoms with Crippen molar-refractivity contribution in [3.63, 3.8) is 0 Å². The van der Waals surface area contributed by atoms with Gasteiger partial charge in [-0.3, -0.25) is 0 Å². The van der Waals surface area contributed by atoms with Gasteiger partial charge in [-0.05, 0) is 28.5 Å². The van der Waals surface area contributed by atoms with E-state index >= 15 is 0 Å². The minimum Gasteiger partial charge on any atom is -0.496 e. The molecule has 0 saturated heterocycles. The van der Waals surface area contributed by atoms with Gasteiger partial charge in [-0.15, -0.1) is 0 Å². The molecule has 0 amide bonds. The number of methoxy groups -OCH3 is 1. The molecule has 3 aromatic carbocycles. The molecular formula is C18H13NO. The normalized spacial score (nSPS) is 10.2. The van der Waals surface area contributed by atoms with E-state index in [1.165, 1.54) is 0 Å². The van der Waals surface area contributed by atoms with E-state index in [2.05, 4.69) is 24.3 Å². The number of hydrogen-bond donors (Lipinski definition) is 0. The molecule has 20 heavy (non-hydrogen) atoms. The highest BCUT2D eigenvalue weighted by Gasteiger charge is 2.13. The summed E-state index contributed by atoms with van der Waals surface area (Å²) < 4.78 is 5.44. The fraction of sp³-hybridized carbons (Fsp3) is 0.0556. The number of fused-ring (bicyclic) bond motifs is 1. The Labute approximate surface area is 117 Å². The van der Waals surface area contributed by atoms with Crippen molar-refractivity contribution in [1.29, 1.82) is 5.26 Å². The first-order valence-corrected chi connectivity index (χ1v) is 6.40. The van der Waals surface area contributed by atoms with Crippen molar-refractivity contribution in [1.82, 2.24) is 0 Å². The molecular weight excluding hydrogens is 246 g/mol. The van der Waals surface area contributed by atoms with E-state index in [1.54, 1.807) is 7.11 Å². The van der Waals surface area contributed by atoms with Crippen LogP contribution in [0, 0.1) is 11.3 Å². The van der Waals surface area contributed by atoms with Gasteiger partial charge in [0.2, 0.25) is 0 Å². The van der Waals surface area contributed by atoms with Crippen LogP contribution in [0.15, 0.2) is 60.7 Å². The zero-order valence-corrected chi connectivity index (χ0v) is 11.1. The average molecular weight is 259 g/mol. The lowest BCUT2D eigenvalue weighted by Crippen LogP contribution is -1.92. The first-order valence-electron chi connectivity index (χ1n) is 6.40. The van der Waals surface area contributed by atoms with Gasteiger partial charge < -0.3 is 4.74 Å². The second kappa shape index (κ2) is 5.07. The van der Waals surface area contributed by atoms with Gasteiger partial charge >= 0.3 is 0 Å². The van der Waals surface area contributed by atoms with Crippen LogP contribution < -0.4 is 4.74 Å².